The van der Waals surface area contributed by atoms with Crippen LogP contribution in [0.1, 0.15) is 26.7 Å². The molecule has 23 heavy (non-hydrogen) atoms. The van der Waals surface area contributed by atoms with Gasteiger partial charge in [0.1, 0.15) is 12.4 Å². The Morgan fingerprint density at radius 3 is 2.09 bits per heavy atom. The van der Waals surface area contributed by atoms with Gasteiger partial charge in [-0.2, -0.15) is 0 Å². The van der Waals surface area contributed by atoms with E-state index in [1.165, 1.54) is 6.92 Å². The highest BCUT2D eigenvalue weighted by atomic mass is 16.5. The zero-order chi connectivity index (χ0) is 17.3. The number of ketones is 1. The molecule has 0 aliphatic rings. The molecule has 0 aliphatic heterocycles. The van der Waals surface area contributed by atoms with Crippen molar-refractivity contribution < 1.29 is 28.6 Å². The van der Waals surface area contributed by atoms with E-state index in [0.29, 0.717) is 59.0 Å². The van der Waals surface area contributed by atoms with Crippen molar-refractivity contribution in [3.8, 4) is 0 Å². The predicted octanol–water partition coefficient (Wildman–Crippen LogP) is -0.342. The van der Waals surface area contributed by atoms with Crippen LogP contribution in [0.2, 0.25) is 0 Å². The van der Waals surface area contributed by atoms with Crippen molar-refractivity contribution >= 4 is 17.6 Å². The van der Waals surface area contributed by atoms with E-state index in [0.717, 1.165) is 0 Å². The highest BCUT2D eigenvalue weighted by Crippen LogP contribution is 1.89. The molecule has 2 N–H and O–H groups in total. The molecule has 0 saturated carbocycles. The van der Waals surface area contributed by atoms with Crippen LogP contribution in [0.25, 0.3) is 0 Å². The summed E-state index contributed by atoms with van der Waals surface area (Å²) in [4.78, 5) is 33.0. The molecule has 0 fully saturated rings. The van der Waals surface area contributed by atoms with Gasteiger partial charge in [0.2, 0.25) is 11.8 Å². The fraction of sp³-hybridized carbons (Fsp3) is 0.800. The second-order valence-corrected chi connectivity index (χ2v) is 4.75. The van der Waals surface area contributed by atoms with Gasteiger partial charge in [-0.25, -0.2) is 0 Å². The highest BCUT2D eigenvalue weighted by molar-refractivity contribution is 5.78. The third-order valence-corrected chi connectivity index (χ3v) is 2.71. The summed E-state index contributed by atoms with van der Waals surface area (Å²) in [5, 5.41) is 5.21. The highest BCUT2D eigenvalue weighted by Gasteiger charge is 2.01. The van der Waals surface area contributed by atoms with Crippen LogP contribution in [0.5, 0.6) is 0 Å². The number of rotatable bonds is 15. The van der Waals surface area contributed by atoms with E-state index in [1.807, 2.05) is 6.92 Å². The molecule has 0 rings (SSSR count). The predicted molar refractivity (Wildman–Crippen MR) is 84.1 cm³/mol. The van der Waals surface area contributed by atoms with Crippen molar-refractivity contribution in [2.45, 2.75) is 26.7 Å². The Balaban J connectivity index is 3.23. The summed E-state index contributed by atoms with van der Waals surface area (Å²) >= 11 is 0. The number of carbonyl (C=O) groups excluding carboxylic acids is 3. The second kappa shape index (κ2) is 15.4. The fourth-order valence-corrected chi connectivity index (χ4v) is 1.46. The Kier molecular flexibility index (Phi) is 14.4. The lowest BCUT2D eigenvalue weighted by atomic mass is 10.2. The van der Waals surface area contributed by atoms with Gasteiger partial charge in [-0.3, -0.25) is 14.4 Å². The van der Waals surface area contributed by atoms with Crippen molar-refractivity contribution in [1.29, 1.82) is 0 Å². The maximum absolute atomic E-state index is 11.4. The van der Waals surface area contributed by atoms with Gasteiger partial charge >= 0.3 is 0 Å². The zero-order valence-electron chi connectivity index (χ0n) is 14.0. The molecule has 8 heteroatoms. The first-order valence-electron chi connectivity index (χ1n) is 7.82. The molecule has 2 amide bonds. The average molecular weight is 332 g/mol. The third-order valence-electron chi connectivity index (χ3n) is 2.71. The smallest absolute Gasteiger partial charge is 0.246 e. The Hall–Kier alpha value is -1.51. The molecular formula is C15H28N2O6. The van der Waals surface area contributed by atoms with E-state index in [4.69, 9.17) is 14.2 Å². The van der Waals surface area contributed by atoms with Gasteiger partial charge in [-0.15, -0.1) is 0 Å². The van der Waals surface area contributed by atoms with Crippen molar-refractivity contribution in [3.05, 3.63) is 0 Å². The minimum atomic E-state index is -0.231. The zero-order valence-corrected chi connectivity index (χ0v) is 14.0. The Morgan fingerprint density at radius 1 is 0.826 bits per heavy atom. The molecule has 0 saturated heterocycles. The topological polar surface area (TPSA) is 103 Å². The summed E-state index contributed by atoms with van der Waals surface area (Å²) in [6.07, 6.45) is 0.977. The van der Waals surface area contributed by atoms with Crippen molar-refractivity contribution in [2.24, 2.45) is 0 Å². The minimum absolute atomic E-state index is 0.0475. The maximum Gasteiger partial charge on any atom is 0.246 e. The number of hydrogen-bond acceptors (Lipinski definition) is 6. The van der Waals surface area contributed by atoms with Crippen LogP contribution < -0.4 is 10.6 Å². The monoisotopic (exact) mass is 332 g/mol. The van der Waals surface area contributed by atoms with Crippen LogP contribution in [0.4, 0.5) is 0 Å². The van der Waals surface area contributed by atoms with Crippen LogP contribution in [0.15, 0.2) is 0 Å². The van der Waals surface area contributed by atoms with Gasteiger partial charge in [0.15, 0.2) is 0 Å². The largest absolute Gasteiger partial charge is 0.379 e. The summed E-state index contributed by atoms with van der Waals surface area (Å²) in [5.41, 5.74) is 0. The van der Waals surface area contributed by atoms with Crippen molar-refractivity contribution in [3.63, 3.8) is 0 Å². The molecule has 0 aliphatic carbocycles. The van der Waals surface area contributed by atoms with Gasteiger partial charge in [0, 0.05) is 32.9 Å². The Labute approximate surface area is 137 Å². The van der Waals surface area contributed by atoms with Crippen LogP contribution in [0.3, 0.4) is 0 Å². The molecule has 0 atom stereocenters. The first-order valence-corrected chi connectivity index (χ1v) is 7.82. The SMILES string of the molecule is CCC(=O)CCOCCOCCNC(=O)COCCNC(C)=O. The van der Waals surface area contributed by atoms with E-state index in [-0.39, 0.29) is 24.2 Å². The normalized spacial score (nSPS) is 10.3. The molecule has 0 aromatic heterocycles. The van der Waals surface area contributed by atoms with E-state index >= 15 is 0 Å². The van der Waals surface area contributed by atoms with Gasteiger partial charge in [-0.1, -0.05) is 6.92 Å². The van der Waals surface area contributed by atoms with Crippen molar-refractivity contribution in [2.75, 3.05) is 52.7 Å². The third kappa shape index (κ3) is 16.7. The molecule has 0 bridgehead atoms. The number of Topliss-reactive ketones (excluding diaryl/α,β-unsaturated/α-hetero) is 1. The molecule has 0 aromatic carbocycles. The molecule has 0 unspecified atom stereocenters. The first-order chi connectivity index (χ1) is 11.1. The Bertz CT molecular complexity index is 349. The summed E-state index contributed by atoms with van der Waals surface area (Å²) in [6.45, 7) is 5.92. The summed E-state index contributed by atoms with van der Waals surface area (Å²) < 4.78 is 15.6. The average Bonchev–Trinajstić information content (AvgIpc) is 2.52. The number of ether oxygens (including phenoxy) is 3. The van der Waals surface area contributed by atoms with Crippen LogP contribution >= 0.6 is 0 Å². The van der Waals surface area contributed by atoms with E-state index in [1.54, 1.807) is 0 Å². The second-order valence-electron chi connectivity index (χ2n) is 4.75. The lowest BCUT2D eigenvalue weighted by Crippen LogP contribution is -2.32. The molecule has 0 radical (unpaired) electrons. The molecule has 0 heterocycles. The quantitative estimate of drug-likeness (QED) is 0.398. The molecule has 134 valence electrons. The van der Waals surface area contributed by atoms with Gasteiger partial charge < -0.3 is 24.8 Å². The van der Waals surface area contributed by atoms with E-state index in [2.05, 4.69) is 10.6 Å². The number of hydrogen-bond donors (Lipinski definition) is 2. The lowest BCUT2D eigenvalue weighted by Gasteiger charge is -2.08. The summed E-state index contributed by atoms with van der Waals surface area (Å²) in [6, 6.07) is 0. The Morgan fingerprint density at radius 2 is 1.43 bits per heavy atom. The van der Waals surface area contributed by atoms with Crippen LogP contribution in [0, 0.1) is 0 Å². The maximum atomic E-state index is 11.4. The van der Waals surface area contributed by atoms with Gasteiger partial charge in [0.05, 0.1) is 33.0 Å². The molecule has 8 nitrogen and oxygen atoms in total. The minimum Gasteiger partial charge on any atom is -0.379 e. The first kappa shape index (κ1) is 21.5. The molecule has 0 aromatic rings. The van der Waals surface area contributed by atoms with Gasteiger partial charge in [0.25, 0.3) is 0 Å². The van der Waals surface area contributed by atoms with E-state index in [9.17, 15) is 14.4 Å². The van der Waals surface area contributed by atoms with Gasteiger partial charge in [-0.05, 0) is 0 Å². The fourth-order valence-electron chi connectivity index (χ4n) is 1.46. The van der Waals surface area contributed by atoms with Crippen LogP contribution in [-0.2, 0) is 28.6 Å². The number of carbonyl (C=O) groups is 3. The summed E-state index contributed by atoms with van der Waals surface area (Å²) in [7, 11) is 0. The molecular weight excluding hydrogens is 304 g/mol. The van der Waals surface area contributed by atoms with E-state index < -0.39 is 0 Å². The molecule has 0 spiro atoms. The number of nitrogens with one attached hydrogen (secondary N) is 2. The number of amides is 2. The lowest BCUT2D eigenvalue weighted by molar-refractivity contribution is -0.126. The van der Waals surface area contributed by atoms with Crippen molar-refractivity contribution in [1.82, 2.24) is 10.6 Å². The standard InChI is InChI=1S/C15H28N2O6/c1-3-14(19)4-7-21-10-11-22-8-6-17-15(20)12-23-9-5-16-13(2)18/h3-12H2,1-2H3,(H,16,18)(H,17,20). The summed E-state index contributed by atoms with van der Waals surface area (Å²) in [5.74, 6) is -0.171. The van der Waals surface area contributed by atoms with Crippen LogP contribution in [-0.4, -0.2) is 70.3 Å².